The molecule has 1 heterocycles. The summed E-state index contributed by atoms with van der Waals surface area (Å²) in [6, 6.07) is 3.35. The number of hydrazine groups is 1. The van der Waals surface area contributed by atoms with Gasteiger partial charge in [-0.3, -0.25) is 15.0 Å². The molecule has 0 saturated heterocycles. The van der Waals surface area contributed by atoms with Crippen molar-refractivity contribution in [2.75, 3.05) is 0 Å². The van der Waals surface area contributed by atoms with Gasteiger partial charge in [-0.05, 0) is 24.5 Å². The van der Waals surface area contributed by atoms with E-state index >= 15 is 0 Å². The fourth-order valence-electron chi connectivity index (χ4n) is 1.80. The van der Waals surface area contributed by atoms with Gasteiger partial charge in [0.2, 0.25) is 0 Å². The Morgan fingerprint density at radius 1 is 1.47 bits per heavy atom. The number of nitrogen functional groups attached to an aromatic ring is 1. The maximum absolute atomic E-state index is 12.1. The summed E-state index contributed by atoms with van der Waals surface area (Å²) < 4.78 is 1.65. The lowest BCUT2D eigenvalue weighted by molar-refractivity contribution is 0.0951. The van der Waals surface area contributed by atoms with Gasteiger partial charge in [0, 0.05) is 12.2 Å². The maximum atomic E-state index is 12.1. The van der Waals surface area contributed by atoms with E-state index in [1.54, 1.807) is 4.57 Å². The fourth-order valence-corrected chi connectivity index (χ4v) is 1.80. The lowest BCUT2D eigenvalue weighted by atomic mass is 10.1. The molecule has 5 nitrogen and oxygen atoms in total. The number of nitrogens with two attached hydrogens (primary N) is 1. The average molecular weight is 237 g/mol. The van der Waals surface area contributed by atoms with Gasteiger partial charge in [0.05, 0.1) is 0 Å². The van der Waals surface area contributed by atoms with Crippen LogP contribution in [0.4, 0.5) is 0 Å². The van der Waals surface area contributed by atoms with Crippen molar-refractivity contribution in [3.8, 4) is 0 Å². The van der Waals surface area contributed by atoms with Crippen molar-refractivity contribution in [1.29, 1.82) is 0 Å². The summed E-state index contributed by atoms with van der Waals surface area (Å²) >= 11 is 0. The molecular formula is C12H19N3O2. The van der Waals surface area contributed by atoms with E-state index in [1.165, 1.54) is 6.07 Å². The Morgan fingerprint density at radius 3 is 2.59 bits per heavy atom. The molecule has 0 aromatic carbocycles. The number of rotatable bonds is 4. The zero-order chi connectivity index (χ0) is 13.0. The molecule has 1 aromatic heterocycles. The minimum atomic E-state index is -0.546. The summed E-state index contributed by atoms with van der Waals surface area (Å²) in [6.45, 7) is 6.64. The highest BCUT2D eigenvalue weighted by atomic mass is 16.2. The molecule has 0 radical (unpaired) electrons. The molecular weight excluding hydrogens is 218 g/mol. The molecule has 0 atom stereocenters. The van der Waals surface area contributed by atoms with E-state index < -0.39 is 5.91 Å². The lowest BCUT2D eigenvalue weighted by Gasteiger charge is -2.16. The zero-order valence-corrected chi connectivity index (χ0v) is 10.5. The Bertz CT molecular complexity index is 463. The third-order valence-electron chi connectivity index (χ3n) is 2.62. The molecule has 0 unspecified atom stereocenters. The SMILES string of the molecule is CCCn1c(C(C)C)ccc(C(=O)NN)c1=O. The Kier molecular flexibility index (Phi) is 4.45. The van der Waals surface area contributed by atoms with Crippen LogP contribution in [0.25, 0.3) is 0 Å². The van der Waals surface area contributed by atoms with E-state index in [0.717, 1.165) is 12.1 Å². The number of carbonyl (C=O) groups excluding carboxylic acids is 1. The van der Waals surface area contributed by atoms with Gasteiger partial charge < -0.3 is 4.57 Å². The minimum absolute atomic E-state index is 0.0883. The summed E-state index contributed by atoms with van der Waals surface area (Å²) in [6.07, 6.45) is 0.841. The predicted molar refractivity (Wildman–Crippen MR) is 66.7 cm³/mol. The molecule has 0 saturated carbocycles. The first-order valence-corrected chi connectivity index (χ1v) is 5.77. The maximum Gasteiger partial charge on any atom is 0.270 e. The highest BCUT2D eigenvalue weighted by molar-refractivity contribution is 5.93. The molecule has 17 heavy (non-hydrogen) atoms. The molecule has 1 rings (SSSR count). The molecule has 3 N–H and O–H groups in total. The van der Waals surface area contributed by atoms with Crippen LogP contribution in [-0.4, -0.2) is 10.5 Å². The molecule has 1 aromatic rings. The number of hydrogen-bond donors (Lipinski definition) is 2. The van der Waals surface area contributed by atoms with Gasteiger partial charge in [0.15, 0.2) is 0 Å². The number of pyridine rings is 1. The number of amides is 1. The van der Waals surface area contributed by atoms with Crippen molar-refractivity contribution in [3.63, 3.8) is 0 Å². The molecule has 0 fully saturated rings. The van der Waals surface area contributed by atoms with Gasteiger partial charge in [-0.1, -0.05) is 20.8 Å². The van der Waals surface area contributed by atoms with Gasteiger partial charge in [0.25, 0.3) is 11.5 Å². The first-order chi connectivity index (χ1) is 8.02. The largest absolute Gasteiger partial charge is 0.312 e. The Balaban J connectivity index is 3.38. The summed E-state index contributed by atoms with van der Waals surface area (Å²) in [5, 5.41) is 0. The number of nitrogens with one attached hydrogen (secondary N) is 1. The van der Waals surface area contributed by atoms with Crippen molar-refractivity contribution in [2.45, 2.75) is 39.7 Å². The van der Waals surface area contributed by atoms with Gasteiger partial charge in [-0.15, -0.1) is 0 Å². The van der Waals surface area contributed by atoms with E-state index in [0.29, 0.717) is 6.54 Å². The van der Waals surface area contributed by atoms with Crippen LogP contribution < -0.4 is 16.8 Å². The van der Waals surface area contributed by atoms with Crippen LogP contribution in [-0.2, 0) is 6.54 Å². The Morgan fingerprint density at radius 2 is 2.12 bits per heavy atom. The van der Waals surface area contributed by atoms with Gasteiger partial charge in [-0.25, -0.2) is 5.84 Å². The number of aromatic nitrogens is 1. The van der Waals surface area contributed by atoms with Crippen LogP contribution in [0.2, 0.25) is 0 Å². The quantitative estimate of drug-likeness (QED) is 0.465. The predicted octanol–water partition coefficient (Wildman–Crippen LogP) is 0.985. The first-order valence-electron chi connectivity index (χ1n) is 5.77. The van der Waals surface area contributed by atoms with E-state index in [9.17, 15) is 9.59 Å². The number of carbonyl (C=O) groups is 1. The van der Waals surface area contributed by atoms with Crippen LogP contribution in [0.15, 0.2) is 16.9 Å². The normalized spacial score (nSPS) is 10.6. The van der Waals surface area contributed by atoms with Crippen LogP contribution in [0.3, 0.4) is 0 Å². The van der Waals surface area contributed by atoms with Crippen LogP contribution in [0.1, 0.15) is 49.2 Å². The highest BCUT2D eigenvalue weighted by Crippen LogP contribution is 2.13. The number of nitrogens with zero attached hydrogens (tertiary/aromatic N) is 1. The fraction of sp³-hybridized carbons (Fsp3) is 0.500. The van der Waals surface area contributed by atoms with Crippen molar-refractivity contribution in [3.05, 3.63) is 33.7 Å². The molecule has 0 bridgehead atoms. The van der Waals surface area contributed by atoms with Crippen molar-refractivity contribution in [1.82, 2.24) is 9.99 Å². The smallest absolute Gasteiger partial charge is 0.270 e. The summed E-state index contributed by atoms with van der Waals surface area (Å²) in [5.74, 6) is 4.74. The second-order valence-electron chi connectivity index (χ2n) is 4.26. The van der Waals surface area contributed by atoms with Crippen molar-refractivity contribution >= 4 is 5.91 Å². The van der Waals surface area contributed by atoms with E-state index in [-0.39, 0.29) is 17.0 Å². The van der Waals surface area contributed by atoms with Crippen molar-refractivity contribution < 1.29 is 4.79 Å². The first kappa shape index (κ1) is 13.4. The molecule has 5 heteroatoms. The highest BCUT2D eigenvalue weighted by Gasteiger charge is 2.15. The third-order valence-corrected chi connectivity index (χ3v) is 2.62. The second kappa shape index (κ2) is 5.63. The molecule has 94 valence electrons. The van der Waals surface area contributed by atoms with E-state index in [1.807, 2.05) is 32.3 Å². The summed E-state index contributed by atoms with van der Waals surface area (Å²) in [5.41, 5.74) is 2.73. The van der Waals surface area contributed by atoms with Crippen LogP contribution in [0.5, 0.6) is 0 Å². The van der Waals surface area contributed by atoms with Gasteiger partial charge >= 0.3 is 0 Å². The van der Waals surface area contributed by atoms with Gasteiger partial charge in [0.1, 0.15) is 5.56 Å². The van der Waals surface area contributed by atoms with Crippen molar-refractivity contribution in [2.24, 2.45) is 5.84 Å². The summed E-state index contributed by atoms with van der Waals surface area (Å²) in [4.78, 5) is 23.6. The molecule has 1 amide bonds. The summed E-state index contributed by atoms with van der Waals surface area (Å²) in [7, 11) is 0. The zero-order valence-electron chi connectivity index (χ0n) is 10.5. The number of hydrogen-bond acceptors (Lipinski definition) is 3. The van der Waals surface area contributed by atoms with Gasteiger partial charge in [-0.2, -0.15) is 0 Å². The molecule has 0 spiro atoms. The lowest BCUT2D eigenvalue weighted by Crippen LogP contribution is -2.37. The Hall–Kier alpha value is -1.62. The van der Waals surface area contributed by atoms with E-state index in [2.05, 4.69) is 0 Å². The molecule has 0 aliphatic carbocycles. The monoisotopic (exact) mass is 237 g/mol. The molecule has 0 aliphatic heterocycles. The molecule has 0 aliphatic rings. The van der Waals surface area contributed by atoms with E-state index in [4.69, 9.17) is 5.84 Å². The third kappa shape index (κ3) is 2.74. The van der Waals surface area contributed by atoms with Crippen LogP contribution >= 0.6 is 0 Å². The standard InChI is InChI=1S/C12H19N3O2/c1-4-7-15-10(8(2)3)6-5-9(12(15)17)11(16)14-13/h5-6,8H,4,7,13H2,1-3H3,(H,14,16). The second-order valence-corrected chi connectivity index (χ2v) is 4.26. The topological polar surface area (TPSA) is 77.1 Å². The minimum Gasteiger partial charge on any atom is -0.312 e. The Labute approximate surface area is 101 Å². The average Bonchev–Trinajstić information content (AvgIpc) is 2.30. The van der Waals surface area contributed by atoms with Crippen LogP contribution in [0, 0.1) is 0 Å².